The minimum atomic E-state index is -0.0740. The average Bonchev–Trinajstić information content (AvgIpc) is 3.56. The van der Waals surface area contributed by atoms with Crippen molar-refractivity contribution in [1.29, 1.82) is 0 Å². The summed E-state index contributed by atoms with van der Waals surface area (Å²) in [6.07, 6.45) is 6.83. The van der Waals surface area contributed by atoms with Crippen molar-refractivity contribution in [1.82, 2.24) is 9.80 Å². The Kier molecular flexibility index (Phi) is 7.61. The van der Waals surface area contributed by atoms with Crippen molar-refractivity contribution < 1.29 is 14.0 Å². The molecule has 5 nitrogen and oxygen atoms in total. The summed E-state index contributed by atoms with van der Waals surface area (Å²) in [7, 11) is 0. The van der Waals surface area contributed by atoms with Crippen LogP contribution in [0.15, 0.2) is 77.4 Å². The Morgan fingerprint density at radius 2 is 1.67 bits per heavy atom. The van der Waals surface area contributed by atoms with Gasteiger partial charge in [0.2, 0.25) is 5.91 Å². The van der Waals surface area contributed by atoms with Crippen LogP contribution in [-0.2, 0) is 24.3 Å². The van der Waals surface area contributed by atoms with Crippen LogP contribution in [0, 0.1) is 0 Å². The molecule has 0 atom stereocenters. The van der Waals surface area contributed by atoms with Gasteiger partial charge in [-0.2, -0.15) is 0 Å². The maximum atomic E-state index is 13.4. The molecular formula is C28H32N2O3. The standard InChI is InChI=1S/C28H32N2O3/c1-2-3-8-22-12-14-24(15-13-22)28(32)30(25-16-17-25)21-27(31)29(20-26-11-7-18-33-26)19-23-9-5-4-6-10-23/h4-7,9-15,18,25H,2-3,8,16-17,19-21H2,1H3. The maximum Gasteiger partial charge on any atom is 0.254 e. The number of benzene rings is 2. The third-order valence-corrected chi connectivity index (χ3v) is 6.07. The van der Waals surface area contributed by atoms with Crippen LogP contribution in [0.25, 0.3) is 0 Å². The minimum absolute atomic E-state index is 0.0643. The van der Waals surface area contributed by atoms with Crippen LogP contribution >= 0.6 is 0 Å². The molecule has 33 heavy (non-hydrogen) atoms. The summed E-state index contributed by atoms with van der Waals surface area (Å²) in [5, 5.41) is 0. The fourth-order valence-electron chi connectivity index (χ4n) is 3.99. The van der Waals surface area contributed by atoms with E-state index >= 15 is 0 Å². The van der Waals surface area contributed by atoms with E-state index in [9.17, 15) is 9.59 Å². The van der Waals surface area contributed by atoms with Gasteiger partial charge in [0.25, 0.3) is 5.91 Å². The minimum Gasteiger partial charge on any atom is -0.467 e. The van der Waals surface area contributed by atoms with E-state index in [0.29, 0.717) is 18.7 Å². The summed E-state index contributed by atoms with van der Waals surface area (Å²) in [5.74, 6) is 0.590. The molecule has 1 aliphatic carbocycles. The van der Waals surface area contributed by atoms with Gasteiger partial charge in [-0.05, 0) is 61.1 Å². The highest BCUT2D eigenvalue weighted by atomic mass is 16.3. The Bertz CT molecular complexity index is 1020. The van der Waals surface area contributed by atoms with Gasteiger partial charge in [0.05, 0.1) is 12.8 Å². The average molecular weight is 445 g/mol. The summed E-state index contributed by atoms with van der Waals surface area (Å²) >= 11 is 0. The normalized spacial score (nSPS) is 13.0. The molecule has 0 spiro atoms. The van der Waals surface area contributed by atoms with Gasteiger partial charge in [-0.3, -0.25) is 9.59 Å². The van der Waals surface area contributed by atoms with Crippen molar-refractivity contribution in [2.45, 2.75) is 58.2 Å². The van der Waals surface area contributed by atoms with Crippen molar-refractivity contribution in [3.63, 3.8) is 0 Å². The lowest BCUT2D eigenvalue weighted by Gasteiger charge is -2.27. The lowest BCUT2D eigenvalue weighted by molar-refractivity contribution is -0.133. The maximum absolute atomic E-state index is 13.4. The van der Waals surface area contributed by atoms with E-state index in [2.05, 4.69) is 6.92 Å². The molecule has 1 aliphatic rings. The Labute approximate surface area is 196 Å². The molecule has 1 saturated carbocycles. The second-order valence-corrected chi connectivity index (χ2v) is 8.78. The second-order valence-electron chi connectivity index (χ2n) is 8.78. The van der Waals surface area contributed by atoms with Crippen LogP contribution in [-0.4, -0.2) is 34.2 Å². The largest absolute Gasteiger partial charge is 0.467 e. The van der Waals surface area contributed by atoms with Gasteiger partial charge in [-0.15, -0.1) is 0 Å². The second kappa shape index (κ2) is 11.0. The molecule has 3 aromatic rings. The first-order valence-electron chi connectivity index (χ1n) is 11.9. The van der Waals surface area contributed by atoms with E-state index in [4.69, 9.17) is 4.42 Å². The first-order valence-corrected chi connectivity index (χ1v) is 11.9. The molecule has 0 bridgehead atoms. The number of hydrogen-bond acceptors (Lipinski definition) is 3. The first kappa shape index (κ1) is 22.8. The molecule has 1 aromatic heterocycles. The lowest BCUT2D eigenvalue weighted by atomic mass is 10.1. The van der Waals surface area contributed by atoms with E-state index in [1.807, 2.05) is 66.7 Å². The van der Waals surface area contributed by atoms with Crippen molar-refractivity contribution in [3.05, 3.63) is 95.4 Å². The van der Waals surface area contributed by atoms with Gasteiger partial charge in [0.15, 0.2) is 0 Å². The van der Waals surface area contributed by atoms with Gasteiger partial charge in [0.1, 0.15) is 12.3 Å². The van der Waals surface area contributed by atoms with Crippen LogP contribution < -0.4 is 0 Å². The number of carbonyl (C=O) groups excluding carboxylic acids is 2. The molecule has 0 saturated heterocycles. The van der Waals surface area contributed by atoms with Gasteiger partial charge in [0, 0.05) is 18.2 Å². The smallest absolute Gasteiger partial charge is 0.254 e. The highest BCUT2D eigenvalue weighted by Crippen LogP contribution is 2.28. The van der Waals surface area contributed by atoms with Gasteiger partial charge >= 0.3 is 0 Å². The Morgan fingerprint density at radius 3 is 2.30 bits per heavy atom. The fourth-order valence-corrected chi connectivity index (χ4v) is 3.99. The van der Waals surface area contributed by atoms with E-state index in [1.54, 1.807) is 16.1 Å². The Balaban J connectivity index is 1.47. The molecule has 4 rings (SSSR count). The quantitative estimate of drug-likeness (QED) is 0.395. The van der Waals surface area contributed by atoms with Crippen LogP contribution in [0.3, 0.4) is 0 Å². The highest BCUT2D eigenvalue weighted by molar-refractivity contribution is 5.97. The predicted molar refractivity (Wildman–Crippen MR) is 129 cm³/mol. The highest BCUT2D eigenvalue weighted by Gasteiger charge is 2.35. The SMILES string of the molecule is CCCCc1ccc(C(=O)N(CC(=O)N(Cc2ccccc2)Cc2ccco2)C2CC2)cc1. The summed E-state index contributed by atoms with van der Waals surface area (Å²) in [4.78, 5) is 30.3. The monoisotopic (exact) mass is 444 g/mol. The zero-order valence-electron chi connectivity index (χ0n) is 19.3. The number of aryl methyl sites for hydroxylation is 1. The summed E-state index contributed by atoms with van der Waals surface area (Å²) in [5.41, 5.74) is 2.94. The molecule has 0 aliphatic heterocycles. The fraction of sp³-hybridized carbons (Fsp3) is 0.357. The summed E-state index contributed by atoms with van der Waals surface area (Å²) < 4.78 is 5.50. The van der Waals surface area contributed by atoms with Crippen molar-refractivity contribution in [2.75, 3.05) is 6.54 Å². The number of hydrogen-bond donors (Lipinski definition) is 0. The van der Waals surface area contributed by atoms with Crippen molar-refractivity contribution in [3.8, 4) is 0 Å². The van der Waals surface area contributed by atoms with E-state index in [-0.39, 0.29) is 24.4 Å². The summed E-state index contributed by atoms with van der Waals surface area (Å²) in [6.45, 7) is 3.10. The van der Waals surface area contributed by atoms with Gasteiger partial charge in [-0.1, -0.05) is 55.8 Å². The molecule has 2 amide bonds. The molecule has 5 heteroatoms. The first-order chi connectivity index (χ1) is 16.1. The zero-order valence-corrected chi connectivity index (χ0v) is 19.3. The molecule has 1 heterocycles. The zero-order chi connectivity index (χ0) is 23.0. The number of unbranched alkanes of at least 4 members (excludes halogenated alkanes) is 1. The van der Waals surface area contributed by atoms with Crippen LogP contribution in [0.5, 0.6) is 0 Å². The lowest BCUT2D eigenvalue weighted by Crippen LogP contribution is -2.43. The molecule has 0 N–H and O–H groups in total. The molecule has 0 radical (unpaired) electrons. The van der Waals surface area contributed by atoms with E-state index in [0.717, 1.165) is 43.4 Å². The molecule has 1 fully saturated rings. The molecular weight excluding hydrogens is 412 g/mol. The van der Waals surface area contributed by atoms with Crippen LogP contribution in [0.1, 0.15) is 59.9 Å². The van der Waals surface area contributed by atoms with Crippen molar-refractivity contribution >= 4 is 11.8 Å². The topological polar surface area (TPSA) is 53.8 Å². The third kappa shape index (κ3) is 6.35. The predicted octanol–water partition coefficient (Wildman–Crippen LogP) is 5.46. The Hall–Kier alpha value is -3.34. The Morgan fingerprint density at radius 1 is 0.909 bits per heavy atom. The van der Waals surface area contributed by atoms with E-state index < -0.39 is 0 Å². The molecule has 172 valence electrons. The summed E-state index contributed by atoms with van der Waals surface area (Å²) in [6, 6.07) is 21.6. The third-order valence-electron chi connectivity index (χ3n) is 6.07. The number of amides is 2. The molecule has 2 aromatic carbocycles. The molecule has 0 unspecified atom stereocenters. The van der Waals surface area contributed by atoms with Gasteiger partial charge in [-0.25, -0.2) is 0 Å². The van der Waals surface area contributed by atoms with E-state index in [1.165, 1.54) is 5.56 Å². The van der Waals surface area contributed by atoms with Gasteiger partial charge < -0.3 is 14.2 Å². The van der Waals surface area contributed by atoms with Crippen LogP contribution in [0.2, 0.25) is 0 Å². The number of furan rings is 1. The van der Waals surface area contributed by atoms with Crippen molar-refractivity contribution in [2.24, 2.45) is 0 Å². The van der Waals surface area contributed by atoms with Crippen LogP contribution in [0.4, 0.5) is 0 Å². The number of carbonyl (C=O) groups is 2. The number of nitrogens with zero attached hydrogens (tertiary/aromatic N) is 2. The number of rotatable bonds is 11.